The summed E-state index contributed by atoms with van der Waals surface area (Å²) in [6.07, 6.45) is 4.35. The van der Waals surface area contributed by atoms with Gasteiger partial charge in [0.1, 0.15) is 11.9 Å². The molecule has 5 heteroatoms. The molecule has 0 bridgehead atoms. The Labute approximate surface area is 116 Å². The smallest absolute Gasteiger partial charge is 0.229 e. The maximum Gasteiger partial charge on any atom is 0.229 e. The molecule has 4 nitrogen and oxygen atoms in total. The highest BCUT2D eigenvalue weighted by atomic mass is 32.2. The van der Waals surface area contributed by atoms with Crippen LogP contribution in [0.5, 0.6) is 5.75 Å². The minimum absolute atomic E-state index is 0.338. The van der Waals surface area contributed by atoms with E-state index in [9.17, 15) is 0 Å². The second-order valence-electron chi connectivity index (χ2n) is 4.59. The zero-order chi connectivity index (χ0) is 13.1. The van der Waals surface area contributed by atoms with Gasteiger partial charge < -0.3 is 15.0 Å². The zero-order valence-corrected chi connectivity index (χ0v) is 11.4. The molecule has 1 aliphatic rings. The van der Waals surface area contributed by atoms with Gasteiger partial charge in [0, 0.05) is 5.75 Å². The summed E-state index contributed by atoms with van der Waals surface area (Å²) in [5, 5.41) is 3.68. The predicted molar refractivity (Wildman–Crippen MR) is 77.3 cm³/mol. The second-order valence-corrected chi connectivity index (χ2v) is 5.73. The lowest BCUT2D eigenvalue weighted by Gasteiger charge is -2.22. The Balaban J connectivity index is 1.70. The molecule has 2 heterocycles. The summed E-state index contributed by atoms with van der Waals surface area (Å²) in [4.78, 5) is 0. The van der Waals surface area contributed by atoms with Crippen LogP contribution in [0.1, 0.15) is 12.8 Å². The van der Waals surface area contributed by atoms with E-state index in [2.05, 4.69) is 5.16 Å². The molecule has 3 rings (SSSR count). The Morgan fingerprint density at radius 2 is 2.16 bits per heavy atom. The van der Waals surface area contributed by atoms with Crippen molar-refractivity contribution in [3.8, 4) is 16.9 Å². The van der Waals surface area contributed by atoms with Crippen molar-refractivity contribution in [1.29, 1.82) is 0 Å². The first-order valence-electron chi connectivity index (χ1n) is 6.38. The van der Waals surface area contributed by atoms with Crippen molar-refractivity contribution in [2.24, 2.45) is 0 Å². The molecule has 2 aromatic rings. The van der Waals surface area contributed by atoms with Gasteiger partial charge in [-0.15, -0.1) is 0 Å². The molecule has 0 spiro atoms. The zero-order valence-electron chi connectivity index (χ0n) is 10.5. The fourth-order valence-corrected chi connectivity index (χ4v) is 3.21. The summed E-state index contributed by atoms with van der Waals surface area (Å²) in [5.74, 6) is 3.59. The standard InChI is InChI=1S/C14H16N2O2S/c15-14-13(8-16-18-14)10-3-5-11(6-4-10)17-12-2-1-7-19-9-12/h3-6,8,12H,1-2,7,9,15H2. The summed E-state index contributed by atoms with van der Waals surface area (Å²) < 4.78 is 10.8. The molecule has 0 aliphatic carbocycles. The normalized spacial score (nSPS) is 19.3. The largest absolute Gasteiger partial charge is 0.490 e. The third kappa shape index (κ3) is 2.87. The van der Waals surface area contributed by atoms with E-state index in [0.29, 0.717) is 12.0 Å². The number of nitrogen functional groups attached to an aromatic ring is 1. The lowest BCUT2D eigenvalue weighted by atomic mass is 10.1. The first-order valence-corrected chi connectivity index (χ1v) is 7.53. The SMILES string of the molecule is Nc1oncc1-c1ccc(OC2CCCSC2)cc1. The second kappa shape index (κ2) is 5.57. The van der Waals surface area contributed by atoms with Crippen LogP contribution in [0.3, 0.4) is 0 Å². The number of thioether (sulfide) groups is 1. The maximum absolute atomic E-state index is 5.97. The van der Waals surface area contributed by atoms with Crippen LogP contribution in [0, 0.1) is 0 Å². The predicted octanol–water partition coefficient (Wildman–Crippen LogP) is 3.20. The van der Waals surface area contributed by atoms with E-state index in [1.165, 1.54) is 12.2 Å². The van der Waals surface area contributed by atoms with Gasteiger partial charge in [-0.25, -0.2) is 0 Å². The summed E-state index contributed by atoms with van der Waals surface area (Å²) in [5.41, 5.74) is 7.51. The number of ether oxygens (including phenoxy) is 1. The molecular formula is C14H16N2O2S. The Bertz CT molecular complexity index is 533. The lowest BCUT2D eigenvalue weighted by Crippen LogP contribution is -2.23. The number of nitrogens with zero attached hydrogens (tertiary/aromatic N) is 1. The first kappa shape index (κ1) is 12.4. The fraction of sp³-hybridized carbons (Fsp3) is 0.357. The van der Waals surface area contributed by atoms with Gasteiger partial charge in [-0.2, -0.15) is 11.8 Å². The summed E-state index contributed by atoms with van der Waals surface area (Å²) in [6.45, 7) is 0. The Hall–Kier alpha value is -1.62. The van der Waals surface area contributed by atoms with Crippen LogP contribution in [0.15, 0.2) is 35.0 Å². The third-order valence-corrected chi connectivity index (χ3v) is 4.37. The van der Waals surface area contributed by atoms with Gasteiger partial charge in [-0.3, -0.25) is 0 Å². The molecule has 1 fully saturated rings. The van der Waals surface area contributed by atoms with Gasteiger partial charge in [-0.1, -0.05) is 17.3 Å². The van der Waals surface area contributed by atoms with Crippen LogP contribution in [0.4, 0.5) is 5.88 Å². The molecule has 1 atom stereocenters. The number of hydrogen-bond acceptors (Lipinski definition) is 5. The van der Waals surface area contributed by atoms with Crippen molar-refractivity contribution >= 4 is 17.6 Å². The molecule has 19 heavy (non-hydrogen) atoms. The average Bonchev–Trinajstić information content (AvgIpc) is 2.87. The van der Waals surface area contributed by atoms with E-state index in [0.717, 1.165) is 29.1 Å². The number of aromatic nitrogens is 1. The highest BCUT2D eigenvalue weighted by Gasteiger charge is 2.15. The van der Waals surface area contributed by atoms with Crippen LogP contribution in [-0.2, 0) is 0 Å². The quantitative estimate of drug-likeness (QED) is 0.932. The molecule has 1 saturated heterocycles. The van der Waals surface area contributed by atoms with Crippen molar-refractivity contribution in [3.63, 3.8) is 0 Å². The summed E-state index contributed by atoms with van der Waals surface area (Å²) in [6, 6.07) is 7.91. The Morgan fingerprint density at radius 3 is 2.79 bits per heavy atom. The molecule has 1 aliphatic heterocycles. The van der Waals surface area contributed by atoms with Gasteiger partial charge in [0.25, 0.3) is 0 Å². The average molecular weight is 276 g/mol. The minimum Gasteiger partial charge on any atom is -0.490 e. The topological polar surface area (TPSA) is 61.3 Å². The van der Waals surface area contributed by atoms with Gasteiger partial charge in [0.2, 0.25) is 5.88 Å². The number of benzene rings is 1. The van der Waals surface area contributed by atoms with Gasteiger partial charge in [-0.05, 0) is 36.3 Å². The Kier molecular flexibility index (Phi) is 3.64. The molecule has 0 radical (unpaired) electrons. The maximum atomic E-state index is 5.97. The minimum atomic E-state index is 0.338. The van der Waals surface area contributed by atoms with E-state index >= 15 is 0 Å². The Morgan fingerprint density at radius 1 is 1.32 bits per heavy atom. The third-order valence-electron chi connectivity index (χ3n) is 3.18. The first-order chi connectivity index (χ1) is 9.33. The van der Waals surface area contributed by atoms with Crippen LogP contribution >= 0.6 is 11.8 Å². The number of nitrogens with two attached hydrogens (primary N) is 1. The number of anilines is 1. The van der Waals surface area contributed by atoms with E-state index in [1.807, 2.05) is 36.0 Å². The molecule has 0 saturated carbocycles. The van der Waals surface area contributed by atoms with Crippen LogP contribution in [-0.4, -0.2) is 22.8 Å². The van der Waals surface area contributed by atoms with Crippen LogP contribution in [0.25, 0.3) is 11.1 Å². The molecular weight excluding hydrogens is 260 g/mol. The number of hydrogen-bond donors (Lipinski definition) is 1. The molecule has 1 aromatic heterocycles. The highest BCUT2D eigenvalue weighted by molar-refractivity contribution is 7.99. The molecule has 100 valence electrons. The molecule has 1 aromatic carbocycles. The van der Waals surface area contributed by atoms with Gasteiger partial charge in [0.15, 0.2) is 0 Å². The number of rotatable bonds is 3. The molecule has 1 unspecified atom stereocenters. The van der Waals surface area contributed by atoms with Gasteiger partial charge >= 0.3 is 0 Å². The molecule has 2 N–H and O–H groups in total. The lowest BCUT2D eigenvalue weighted by molar-refractivity contribution is 0.211. The monoisotopic (exact) mass is 276 g/mol. The summed E-state index contributed by atoms with van der Waals surface area (Å²) in [7, 11) is 0. The van der Waals surface area contributed by atoms with Crippen molar-refractivity contribution < 1.29 is 9.26 Å². The van der Waals surface area contributed by atoms with Crippen molar-refractivity contribution in [1.82, 2.24) is 5.16 Å². The van der Waals surface area contributed by atoms with Crippen LogP contribution in [0.2, 0.25) is 0 Å². The van der Waals surface area contributed by atoms with E-state index in [4.69, 9.17) is 15.0 Å². The van der Waals surface area contributed by atoms with E-state index < -0.39 is 0 Å². The van der Waals surface area contributed by atoms with E-state index in [-0.39, 0.29) is 0 Å². The van der Waals surface area contributed by atoms with Crippen LogP contribution < -0.4 is 10.5 Å². The van der Waals surface area contributed by atoms with E-state index in [1.54, 1.807) is 6.20 Å². The van der Waals surface area contributed by atoms with Crippen molar-refractivity contribution in [2.75, 3.05) is 17.2 Å². The fourth-order valence-electron chi connectivity index (χ4n) is 2.18. The highest BCUT2D eigenvalue weighted by Crippen LogP contribution is 2.28. The van der Waals surface area contributed by atoms with Gasteiger partial charge in [0.05, 0.1) is 11.8 Å². The molecule has 0 amide bonds. The van der Waals surface area contributed by atoms with Crippen molar-refractivity contribution in [2.45, 2.75) is 18.9 Å². The van der Waals surface area contributed by atoms with Crippen molar-refractivity contribution in [3.05, 3.63) is 30.5 Å². The summed E-state index contributed by atoms with van der Waals surface area (Å²) >= 11 is 1.96.